The number of benzene rings is 2. The van der Waals surface area contributed by atoms with E-state index in [2.05, 4.69) is 83.2 Å². The first-order valence-corrected chi connectivity index (χ1v) is 11.3. The average Bonchev–Trinajstić information content (AvgIpc) is 2.71. The molecular formula is C28H34O3. The van der Waals surface area contributed by atoms with Crippen LogP contribution in [-0.4, -0.2) is 16.8 Å². The Balaban J connectivity index is 1.74. The van der Waals surface area contributed by atoms with Crippen LogP contribution in [0.4, 0.5) is 0 Å². The Hall–Kier alpha value is -2.68. The highest BCUT2D eigenvalue weighted by molar-refractivity contribution is 5.42. The van der Waals surface area contributed by atoms with Gasteiger partial charge in [-0.05, 0) is 62.9 Å². The van der Waals surface area contributed by atoms with Crippen LogP contribution in [0.3, 0.4) is 0 Å². The van der Waals surface area contributed by atoms with Gasteiger partial charge in [-0.1, -0.05) is 63.2 Å². The number of rotatable bonds is 8. The summed E-state index contributed by atoms with van der Waals surface area (Å²) in [7, 11) is 0. The van der Waals surface area contributed by atoms with E-state index in [1.807, 2.05) is 19.1 Å². The Morgan fingerprint density at radius 2 is 1.68 bits per heavy atom. The quantitative estimate of drug-likeness (QED) is 0.470. The first kappa shape index (κ1) is 21.5. The van der Waals surface area contributed by atoms with Crippen molar-refractivity contribution in [1.29, 1.82) is 0 Å². The zero-order chi connectivity index (χ0) is 22.3. The van der Waals surface area contributed by atoms with E-state index in [4.69, 9.17) is 14.2 Å². The summed E-state index contributed by atoms with van der Waals surface area (Å²) in [4.78, 5) is 0. The topological polar surface area (TPSA) is 27.7 Å². The zero-order valence-corrected chi connectivity index (χ0v) is 19.6. The largest absolute Gasteiger partial charge is 0.486 e. The molecule has 164 valence electrons. The molecule has 0 aliphatic carbocycles. The molecule has 2 heterocycles. The molecule has 0 aromatic heterocycles. The van der Waals surface area contributed by atoms with Crippen LogP contribution in [0, 0.1) is 5.92 Å². The van der Waals surface area contributed by atoms with Gasteiger partial charge in [0, 0.05) is 11.5 Å². The summed E-state index contributed by atoms with van der Waals surface area (Å²) in [5, 5.41) is 0. The molecule has 2 aliphatic heterocycles. The minimum absolute atomic E-state index is 0.217. The van der Waals surface area contributed by atoms with Crippen LogP contribution in [-0.2, 0) is 15.9 Å². The van der Waals surface area contributed by atoms with Gasteiger partial charge in [0.15, 0.2) is 16.8 Å². The van der Waals surface area contributed by atoms with E-state index < -0.39 is 16.8 Å². The van der Waals surface area contributed by atoms with E-state index in [0.29, 0.717) is 0 Å². The summed E-state index contributed by atoms with van der Waals surface area (Å²) in [5.41, 5.74) is 1.91. The maximum atomic E-state index is 6.93. The molecule has 3 heteroatoms. The van der Waals surface area contributed by atoms with Crippen LogP contribution < -0.4 is 4.74 Å². The Bertz CT molecular complexity index is 1010. The maximum absolute atomic E-state index is 6.93. The lowest BCUT2D eigenvalue weighted by Crippen LogP contribution is -2.75. The van der Waals surface area contributed by atoms with Gasteiger partial charge in [0.25, 0.3) is 0 Å². The molecule has 3 nitrogen and oxygen atoms in total. The lowest BCUT2D eigenvalue weighted by atomic mass is 9.60. The monoisotopic (exact) mass is 418 g/mol. The zero-order valence-electron chi connectivity index (χ0n) is 19.6. The summed E-state index contributed by atoms with van der Waals surface area (Å²) in [6.45, 7) is 12.9. The van der Waals surface area contributed by atoms with Crippen molar-refractivity contribution >= 4 is 0 Å². The molecule has 0 fully saturated rings. The molecule has 2 aromatic carbocycles. The molecule has 0 saturated heterocycles. The third kappa shape index (κ3) is 3.17. The van der Waals surface area contributed by atoms with Gasteiger partial charge in [0.1, 0.15) is 5.75 Å². The molecule has 4 rings (SSSR count). The van der Waals surface area contributed by atoms with Crippen LogP contribution in [0.15, 0.2) is 78.3 Å². The predicted octanol–water partition coefficient (Wildman–Crippen LogP) is 6.83. The van der Waals surface area contributed by atoms with Gasteiger partial charge in [-0.3, -0.25) is 0 Å². The van der Waals surface area contributed by atoms with Crippen molar-refractivity contribution in [3.63, 3.8) is 0 Å². The Kier molecular flexibility index (Phi) is 5.41. The fourth-order valence-electron chi connectivity index (χ4n) is 5.47. The van der Waals surface area contributed by atoms with Crippen LogP contribution in [0.1, 0.15) is 59.1 Å². The summed E-state index contributed by atoms with van der Waals surface area (Å²) >= 11 is 0. The second-order valence-corrected chi connectivity index (χ2v) is 9.28. The lowest BCUT2D eigenvalue weighted by molar-refractivity contribution is -0.247. The van der Waals surface area contributed by atoms with Gasteiger partial charge in [-0.2, -0.15) is 0 Å². The molecule has 2 aromatic rings. The molecule has 0 N–H and O–H groups in total. The van der Waals surface area contributed by atoms with Crippen LogP contribution >= 0.6 is 0 Å². The number of ether oxygens (including phenoxy) is 3. The van der Waals surface area contributed by atoms with Crippen molar-refractivity contribution in [1.82, 2.24) is 0 Å². The highest BCUT2D eigenvalue weighted by Gasteiger charge is 2.71. The van der Waals surface area contributed by atoms with Crippen molar-refractivity contribution in [2.45, 2.75) is 71.2 Å². The minimum atomic E-state index is -0.730. The SMILES string of the molecule is CCC1(C(C)(Oc2cccc(Cc3ccccc3)c2)C2(C(C)C)OC(C)=C2C)C=CO1. The first-order valence-electron chi connectivity index (χ1n) is 11.3. The summed E-state index contributed by atoms with van der Waals surface area (Å²) in [6.07, 6.45) is 5.58. The first-order chi connectivity index (χ1) is 14.8. The van der Waals surface area contributed by atoms with Crippen LogP contribution in [0.25, 0.3) is 0 Å². The predicted molar refractivity (Wildman–Crippen MR) is 125 cm³/mol. The van der Waals surface area contributed by atoms with Gasteiger partial charge in [0.2, 0.25) is 0 Å². The fraction of sp³-hybridized carbons (Fsp3) is 0.429. The van der Waals surface area contributed by atoms with Crippen molar-refractivity contribution < 1.29 is 14.2 Å². The van der Waals surface area contributed by atoms with Crippen molar-refractivity contribution in [2.24, 2.45) is 5.92 Å². The van der Waals surface area contributed by atoms with Gasteiger partial charge < -0.3 is 14.2 Å². The molecule has 0 bridgehead atoms. The number of allylic oxidation sites excluding steroid dienone is 1. The van der Waals surface area contributed by atoms with Gasteiger partial charge in [-0.25, -0.2) is 0 Å². The van der Waals surface area contributed by atoms with Crippen molar-refractivity contribution in [2.75, 3.05) is 0 Å². The average molecular weight is 419 g/mol. The highest BCUT2D eigenvalue weighted by Crippen LogP contribution is 2.58. The number of hydrogen-bond acceptors (Lipinski definition) is 3. The van der Waals surface area contributed by atoms with Crippen LogP contribution in [0.5, 0.6) is 5.75 Å². The van der Waals surface area contributed by atoms with E-state index >= 15 is 0 Å². The normalized spacial score (nSPS) is 26.4. The third-order valence-electron chi connectivity index (χ3n) is 7.34. The van der Waals surface area contributed by atoms with E-state index in [1.54, 1.807) is 6.26 Å². The molecule has 31 heavy (non-hydrogen) atoms. The highest BCUT2D eigenvalue weighted by atomic mass is 16.6. The Morgan fingerprint density at radius 1 is 1.00 bits per heavy atom. The minimum Gasteiger partial charge on any atom is -0.486 e. The Morgan fingerprint density at radius 3 is 2.19 bits per heavy atom. The van der Waals surface area contributed by atoms with E-state index in [9.17, 15) is 0 Å². The second-order valence-electron chi connectivity index (χ2n) is 9.28. The Labute approximate surface area is 186 Å². The molecular weight excluding hydrogens is 384 g/mol. The van der Waals surface area contributed by atoms with Crippen LogP contribution in [0.2, 0.25) is 0 Å². The summed E-state index contributed by atoms with van der Waals surface area (Å²) in [6, 6.07) is 18.9. The summed E-state index contributed by atoms with van der Waals surface area (Å²) in [5.74, 6) is 2.04. The molecule has 0 saturated carbocycles. The maximum Gasteiger partial charge on any atom is 0.193 e. The molecule has 3 atom stereocenters. The van der Waals surface area contributed by atoms with E-state index in [0.717, 1.165) is 24.4 Å². The van der Waals surface area contributed by atoms with Crippen molar-refractivity contribution in [3.8, 4) is 5.75 Å². The van der Waals surface area contributed by atoms with Crippen molar-refractivity contribution in [3.05, 3.63) is 89.4 Å². The molecule has 2 aliphatic rings. The fourth-order valence-corrected chi connectivity index (χ4v) is 5.47. The molecule has 3 unspecified atom stereocenters. The molecule has 0 radical (unpaired) electrons. The second kappa shape index (κ2) is 7.78. The van der Waals surface area contributed by atoms with Gasteiger partial charge >= 0.3 is 0 Å². The smallest absolute Gasteiger partial charge is 0.193 e. The number of hydrogen-bond donors (Lipinski definition) is 0. The van der Waals surface area contributed by atoms with Gasteiger partial charge in [-0.15, -0.1) is 0 Å². The third-order valence-corrected chi connectivity index (χ3v) is 7.34. The standard InChI is InChI=1S/C28H34O3/c1-7-27(16-17-29-27)26(6,28(20(2)3)21(4)22(5)30-28)31-25-15-11-14-24(19-25)18-23-12-9-8-10-13-23/h8-17,19-20H,7,18H2,1-6H3. The van der Waals surface area contributed by atoms with Gasteiger partial charge in [0.05, 0.1) is 12.0 Å². The molecule has 0 spiro atoms. The summed E-state index contributed by atoms with van der Waals surface area (Å²) < 4.78 is 19.6. The van der Waals surface area contributed by atoms with E-state index in [-0.39, 0.29) is 5.92 Å². The molecule has 0 amide bonds. The van der Waals surface area contributed by atoms with E-state index in [1.165, 1.54) is 16.7 Å². The lowest BCUT2D eigenvalue weighted by Gasteiger charge is -2.62.